The van der Waals surface area contributed by atoms with Gasteiger partial charge < -0.3 is 14.6 Å². The number of aromatic nitrogens is 2. The highest BCUT2D eigenvalue weighted by atomic mass is 16.5. The van der Waals surface area contributed by atoms with Crippen LogP contribution >= 0.6 is 0 Å². The third-order valence-corrected chi connectivity index (χ3v) is 5.42. The summed E-state index contributed by atoms with van der Waals surface area (Å²) in [6.45, 7) is 4.04. The molecule has 33 heavy (non-hydrogen) atoms. The number of imidazole rings is 1. The van der Waals surface area contributed by atoms with Crippen molar-refractivity contribution >= 4 is 23.0 Å². The number of aryl methyl sites for hydroxylation is 2. The summed E-state index contributed by atoms with van der Waals surface area (Å²) in [5.74, 6) is 1.76. The van der Waals surface area contributed by atoms with Gasteiger partial charge in [-0.25, -0.2) is 4.98 Å². The van der Waals surface area contributed by atoms with Crippen LogP contribution in [0.15, 0.2) is 84.9 Å². The molecular weight excluding hydrogens is 410 g/mol. The van der Waals surface area contributed by atoms with Crippen LogP contribution in [0.3, 0.4) is 0 Å². The third-order valence-electron chi connectivity index (χ3n) is 5.42. The van der Waals surface area contributed by atoms with E-state index in [0.717, 1.165) is 41.1 Å². The van der Waals surface area contributed by atoms with Gasteiger partial charge in [0.25, 0.3) is 0 Å². The summed E-state index contributed by atoms with van der Waals surface area (Å²) in [6.07, 6.45) is 4.92. The van der Waals surface area contributed by atoms with Crippen molar-refractivity contribution in [2.75, 3.05) is 13.2 Å². The first-order valence-corrected chi connectivity index (χ1v) is 11.3. The topological polar surface area (TPSA) is 56.1 Å². The molecule has 0 aliphatic heterocycles. The number of hydrogen-bond acceptors (Lipinski definition) is 3. The molecule has 0 aliphatic rings. The standard InChI is InChI=1S/C28H29N3O2/c1-22-12-15-24(16-13-22)33-21-7-20-31-26-11-6-5-10-25(26)30-27(31)18-19-29-28(32)17-14-23-8-3-2-4-9-23/h2-6,8-17H,7,18-21H2,1H3,(H,29,32)/b17-14+. The van der Waals surface area contributed by atoms with Gasteiger partial charge in [0.2, 0.25) is 5.91 Å². The fourth-order valence-corrected chi connectivity index (χ4v) is 3.71. The minimum absolute atomic E-state index is 0.104. The lowest BCUT2D eigenvalue weighted by atomic mass is 10.2. The van der Waals surface area contributed by atoms with E-state index < -0.39 is 0 Å². The van der Waals surface area contributed by atoms with Crippen LogP contribution in [0, 0.1) is 6.92 Å². The van der Waals surface area contributed by atoms with Crippen molar-refractivity contribution in [3.63, 3.8) is 0 Å². The number of rotatable bonds is 10. The van der Waals surface area contributed by atoms with E-state index in [9.17, 15) is 4.79 Å². The summed E-state index contributed by atoms with van der Waals surface area (Å²) < 4.78 is 8.12. The normalized spacial score (nSPS) is 11.2. The summed E-state index contributed by atoms with van der Waals surface area (Å²) in [4.78, 5) is 17.0. The second-order valence-electron chi connectivity index (χ2n) is 7.97. The molecule has 0 unspecified atom stereocenters. The summed E-state index contributed by atoms with van der Waals surface area (Å²) in [6, 6.07) is 26.1. The SMILES string of the molecule is Cc1ccc(OCCCn2c(CCNC(=O)/C=C/c3ccccc3)nc3ccccc32)cc1. The van der Waals surface area contributed by atoms with Crippen LogP contribution in [0.1, 0.15) is 23.4 Å². The van der Waals surface area contributed by atoms with Gasteiger partial charge in [0, 0.05) is 25.6 Å². The predicted molar refractivity (Wildman–Crippen MR) is 133 cm³/mol. The maximum atomic E-state index is 12.2. The molecule has 1 amide bonds. The molecule has 0 fully saturated rings. The Bertz CT molecular complexity index is 1210. The maximum Gasteiger partial charge on any atom is 0.244 e. The van der Waals surface area contributed by atoms with Crippen LogP contribution in [-0.2, 0) is 17.8 Å². The number of benzene rings is 3. The van der Waals surface area contributed by atoms with Crippen LogP contribution in [-0.4, -0.2) is 28.6 Å². The molecule has 0 saturated heterocycles. The Morgan fingerprint density at radius 2 is 1.76 bits per heavy atom. The highest BCUT2D eigenvalue weighted by Crippen LogP contribution is 2.17. The lowest BCUT2D eigenvalue weighted by molar-refractivity contribution is -0.116. The summed E-state index contributed by atoms with van der Waals surface area (Å²) in [5, 5.41) is 2.96. The Balaban J connectivity index is 1.33. The fraction of sp³-hybridized carbons (Fsp3) is 0.214. The molecule has 1 heterocycles. The van der Waals surface area contributed by atoms with Gasteiger partial charge in [0.15, 0.2) is 0 Å². The van der Waals surface area contributed by atoms with Crippen LogP contribution in [0.4, 0.5) is 0 Å². The van der Waals surface area contributed by atoms with Crippen LogP contribution < -0.4 is 10.1 Å². The van der Waals surface area contributed by atoms with E-state index in [1.807, 2.05) is 66.7 Å². The Hall–Kier alpha value is -3.86. The summed E-state index contributed by atoms with van der Waals surface area (Å²) in [7, 11) is 0. The van der Waals surface area contributed by atoms with E-state index in [-0.39, 0.29) is 5.91 Å². The van der Waals surface area contributed by atoms with Crippen LogP contribution in [0.5, 0.6) is 5.75 Å². The van der Waals surface area contributed by atoms with E-state index in [0.29, 0.717) is 19.6 Å². The second-order valence-corrected chi connectivity index (χ2v) is 7.97. The minimum Gasteiger partial charge on any atom is -0.494 e. The molecule has 168 valence electrons. The molecule has 0 bridgehead atoms. The number of nitrogens with one attached hydrogen (secondary N) is 1. The van der Waals surface area contributed by atoms with E-state index in [1.165, 1.54) is 5.56 Å². The molecular formula is C28H29N3O2. The molecule has 5 nitrogen and oxygen atoms in total. The number of fused-ring (bicyclic) bond motifs is 1. The van der Waals surface area contributed by atoms with Gasteiger partial charge in [-0.05, 0) is 49.2 Å². The highest BCUT2D eigenvalue weighted by molar-refractivity contribution is 5.91. The zero-order valence-electron chi connectivity index (χ0n) is 18.9. The Morgan fingerprint density at radius 1 is 1.00 bits per heavy atom. The number of nitrogens with zero attached hydrogens (tertiary/aromatic N) is 2. The summed E-state index contributed by atoms with van der Waals surface area (Å²) >= 11 is 0. The first-order chi connectivity index (χ1) is 16.2. The van der Waals surface area contributed by atoms with Gasteiger partial charge in [-0.1, -0.05) is 60.2 Å². The van der Waals surface area contributed by atoms with Crippen LogP contribution in [0.25, 0.3) is 17.1 Å². The van der Waals surface area contributed by atoms with Crippen molar-refractivity contribution in [3.05, 3.63) is 102 Å². The molecule has 0 saturated carbocycles. The molecule has 1 aromatic heterocycles. The Kier molecular flexibility index (Phi) is 7.54. The zero-order chi connectivity index (χ0) is 22.9. The van der Waals surface area contributed by atoms with Crippen molar-refractivity contribution in [3.8, 4) is 5.75 Å². The maximum absolute atomic E-state index is 12.2. The minimum atomic E-state index is -0.104. The Morgan fingerprint density at radius 3 is 2.58 bits per heavy atom. The molecule has 4 aromatic rings. The van der Waals surface area contributed by atoms with Gasteiger partial charge in [-0.3, -0.25) is 4.79 Å². The van der Waals surface area contributed by atoms with Crippen molar-refractivity contribution in [2.45, 2.75) is 26.3 Å². The van der Waals surface area contributed by atoms with Crippen molar-refractivity contribution in [1.29, 1.82) is 0 Å². The van der Waals surface area contributed by atoms with E-state index in [1.54, 1.807) is 6.08 Å². The van der Waals surface area contributed by atoms with Gasteiger partial charge in [-0.15, -0.1) is 0 Å². The predicted octanol–water partition coefficient (Wildman–Crippen LogP) is 5.19. The molecule has 4 rings (SSSR count). The zero-order valence-corrected chi connectivity index (χ0v) is 18.9. The van der Waals surface area contributed by atoms with Gasteiger partial charge in [0.1, 0.15) is 11.6 Å². The lowest BCUT2D eigenvalue weighted by Crippen LogP contribution is -2.24. The molecule has 0 aliphatic carbocycles. The van der Waals surface area contributed by atoms with E-state index in [4.69, 9.17) is 9.72 Å². The van der Waals surface area contributed by atoms with E-state index in [2.05, 4.69) is 35.0 Å². The second kappa shape index (κ2) is 11.1. The monoisotopic (exact) mass is 439 g/mol. The first-order valence-electron chi connectivity index (χ1n) is 11.3. The third kappa shape index (κ3) is 6.32. The number of hydrogen-bond donors (Lipinski definition) is 1. The molecule has 0 spiro atoms. The van der Waals surface area contributed by atoms with Crippen molar-refractivity contribution in [2.24, 2.45) is 0 Å². The van der Waals surface area contributed by atoms with Gasteiger partial charge >= 0.3 is 0 Å². The number of carbonyl (C=O) groups excluding carboxylic acids is 1. The van der Waals surface area contributed by atoms with Gasteiger partial charge in [0.05, 0.1) is 17.6 Å². The van der Waals surface area contributed by atoms with E-state index >= 15 is 0 Å². The molecule has 0 radical (unpaired) electrons. The highest BCUT2D eigenvalue weighted by Gasteiger charge is 2.10. The number of para-hydroxylation sites is 2. The number of amides is 1. The quantitative estimate of drug-likeness (QED) is 0.273. The van der Waals surface area contributed by atoms with Crippen molar-refractivity contribution < 1.29 is 9.53 Å². The summed E-state index contributed by atoms with van der Waals surface area (Å²) in [5.41, 5.74) is 4.31. The van der Waals surface area contributed by atoms with Gasteiger partial charge in [-0.2, -0.15) is 0 Å². The van der Waals surface area contributed by atoms with Crippen molar-refractivity contribution in [1.82, 2.24) is 14.9 Å². The molecule has 5 heteroatoms. The number of carbonyl (C=O) groups is 1. The average molecular weight is 440 g/mol. The first kappa shape index (κ1) is 22.3. The smallest absolute Gasteiger partial charge is 0.244 e. The number of ether oxygens (including phenoxy) is 1. The van der Waals surface area contributed by atoms with Crippen LogP contribution in [0.2, 0.25) is 0 Å². The Labute approximate surface area is 194 Å². The lowest BCUT2D eigenvalue weighted by Gasteiger charge is -2.11. The fourth-order valence-electron chi connectivity index (χ4n) is 3.71. The molecule has 0 atom stereocenters. The largest absolute Gasteiger partial charge is 0.494 e. The molecule has 1 N–H and O–H groups in total. The average Bonchev–Trinajstić information content (AvgIpc) is 3.19. The molecule has 3 aromatic carbocycles.